The molecule has 0 aromatic carbocycles. The Morgan fingerprint density at radius 2 is 2.00 bits per heavy atom. The fraction of sp³-hybridized carbons (Fsp3) is 0.786. The SMILES string of the molecule is C=CCCN1CCC(N2CCCC2C(=O)O)CC1. The molecule has 0 spiro atoms. The van der Waals surface area contributed by atoms with Gasteiger partial charge in [0.25, 0.3) is 0 Å². The van der Waals surface area contributed by atoms with Crippen LogP contribution in [0.3, 0.4) is 0 Å². The second-order valence-electron chi connectivity index (χ2n) is 5.38. The van der Waals surface area contributed by atoms with E-state index in [1.165, 1.54) is 0 Å². The Kier molecular flexibility index (Phi) is 4.78. The first-order chi connectivity index (χ1) is 8.72. The molecule has 2 fully saturated rings. The van der Waals surface area contributed by atoms with E-state index in [4.69, 9.17) is 0 Å². The molecular weight excluding hydrogens is 228 g/mol. The summed E-state index contributed by atoms with van der Waals surface area (Å²) in [5, 5.41) is 9.22. The Balaban J connectivity index is 1.82. The molecule has 4 heteroatoms. The van der Waals surface area contributed by atoms with Gasteiger partial charge in [0.1, 0.15) is 6.04 Å². The molecule has 1 atom stereocenters. The van der Waals surface area contributed by atoms with Crippen LogP contribution < -0.4 is 0 Å². The van der Waals surface area contributed by atoms with Crippen molar-refractivity contribution in [3.05, 3.63) is 12.7 Å². The Morgan fingerprint density at radius 1 is 1.28 bits per heavy atom. The van der Waals surface area contributed by atoms with E-state index in [1.807, 2.05) is 6.08 Å². The summed E-state index contributed by atoms with van der Waals surface area (Å²) in [7, 11) is 0. The predicted octanol–water partition coefficient (Wildman–Crippen LogP) is 1.58. The van der Waals surface area contributed by atoms with Crippen molar-refractivity contribution in [2.24, 2.45) is 0 Å². The summed E-state index contributed by atoms with van der Waals surface area (Å²) >= 11 is 0. The smallest absolute Gasteiger partial charge is 0.320 e. The molecule has 2 rings (SSSR count). The fourth-order valence-electron chi connectivity index (χ4n) is 3.24. The van der Waals surface area contributed by atoms with E-state index >= 15 is 0 Å². The lowest BCUT2D eigenvalue weighted by molar-refractivity contribution is -0.143. The van der Waals surface area contributed by atoms with Crippen LogP contribution >= 0.6 is 0 Å². The van der Waals surface area contributed by atoms with Crippen LogP contribution in [-0.4, -0.2) is 59.1 Å². The minimum absolute atomic E-state index is 0.227. The molecule has 0 amide bonds. The standard InChI is InChI=1S/C14H24N2O2/c1-2-3-8-15-10-6-12(7-11-15)16-9-4-5-13(16)14(17)18/h2,12-13H,1,3-11H2,(H,17,18). The zero-order valence-electron chi connectivity index (χ0n) is 11.1. The monoisotopic (exact) mass is 252 g/mol. The van der Waals surface area contributed by atoms with Crippen molar-refractivity contribution in [1.82, 2.24) is 9.80 Å². The van der Waals surface area contributed by atoms with Crippen LogP contribution in [0.1, 0.15) is 32.1 Å². The molecule has 4 nitrogen and oxygen atoms in total. The van der Waals surface area contributed by atoms with Gasteiger partial charge in [0.15, 0.2) is 0 Å². The van der Waals surface area contributed by atoms with Gasteiger partial charge in [-0.1, -0.05) is 6.08 Å². The van der Waals surface area contributed by atoms with Gasteiger partial charge in [-0.3, -0.25) is 9.69 Å². The Labute approximate surface area is 109 Å². The third kappa shape index (κ3) is 3.12. The highest BCUT2D eigenvalue weighted by Crippen LogP contribution is 2.26. The number of hydrogen-bond donors (Lipinski definition) is 1. The Hall–Kier alpha value is -0.870. The first kappa shape index (κ1) is 13.6. The molecule has 0 radical (unpaired) electrons. The molecule has 2 heterocycles. The number of carbonyl (C=O) groups is 1. The lowest BCUT2D eigenvalue weighted by Gasteiger charge is -2.38. The summed E-state index contributed by atoms with van der Waals surface area (Å²) in [6.45, 7) is 8.01. The van der Waals surface area contributed by atoms with Gasteiger partial charge in [0.2, 0.25) is 0 Å². The summed E-state index contributed by atoms with van der Waals surface area (Å²) in [6.07, 6.45) is 7.10. The second-order valence-corrected chi connectivity index (χ2v) is 5.38. The predicted molar refractivity (Wildman–Crippen MR) is 71.6 cm³/mol. The summed E-state index contributed by atoms with van der Waals surface area (Å²) in [6, 6.07) is 0.253. The minimum Gasteiger partial charge on any atom is -0.480 e. The lowest BCUT2D eigenvalue weighted by Crippen LogP contribution is -2.48. The van der Waals surface area contributed by atoms with Gasteiger partial charge in [-0.05, 0) is 51.7 Å². The van der Waals surface area contributed by atoms with E-state index in [0.29, 0.717) is 6.04 Å². The highest BCUT2D eigenvalue weighted by Gasteiger charge is 2.36. The normalized spacial score (nSPS) is 27.4. The minimum atomic E-state index is -0.637. The molecule has 2 saturated heterocycles. The van der Waals surface area contributed by atoms with E-state index in [1.54, 1.807) is 0 Å². The van der Waals surface area contributed by atoms with E-state index in [-0.39, 0.29) is 6.04 Å². The van der Waals surface area contributed by atoms with Crippen LogP contribution in [0, 0.1) is 0 Å². The number of piperidine rings is 1. The van der Waals surface area contributed by atoms with Crippen molar-refractivity contribution < 1.29 is 9.90 Å². The van der Waals surface area contributed by atoms with Crippen LogP contribution in [0.4, 0.5) is 0 Å². The number of carboxylic acids is 1. The van der Waals surface area contributed by atoms with Gasteiger partial charge in [-0.15, -0.1) is 6.58 Å². The van der Waals surface area contributed by atoms with Crippen molar-refractivity contribution in [3.63, 3.8) is 0 Å². The van der Waals surface area contributed by atoms with Crippen LogP contribution in [0.15, 0.2) is 12.7 Å². The number of hydrogen-bond acceptors (Lipinski definition) is 3. The number of likely N-dealkylation sites (tertiary alicyclic amines) is 2. The molecule has 0 bridgehead atoms. The van der Waals surface area contributed by atoms with E-state index < -0.39 is 5.97 Å². The quantitative estimate of drug-likeness (QED) is 0.754. The summed E-state index contributed by atoms with van der Waals surface area (Å²) in [5.41, 5.74) is 0. The van der Waals surface area contributed by atoms with Crippen molar-refractivity contribution in [2.45, 2.75) is 44.2 Å². The molecule has 102 valence electrons. The maximum absolute atomic E-state index is 11.2. The van der Waals surface area contributed by atoms with Gasteiger partial charge >= 0.3 is 5.97 Å². The third-order valence-electron chi connectivity index (χ3n) is 4.25. The molecule has 1 unspecified atom stereocenters. The average molecular weight is 252 g/mol. The largest absolute Gasteiger partial charge is 0.480 e. The molecule has 18 heavy (non-hydrogen) atoms. The summed E-state index contributed by atoms with van der Waals surface area (Å²) < 4.78 is 0. The molecule has 0 aromatic rings. The maximum atomic E-state index is 11.2. The molecule has 0 saturated carbocycles. The van der Waals surface area contributed by atoms with Gasteiger partial charge < -0.3 is 10.0 Å². The Morgan fingerprint density at radius 3 is 2.61 bits per heavy atom. The van der Waals surface area contributed by atoms with E-state index in [2.05, 4.69) is 16.4 Å². The van der Waals surface area contributed by atoms with E-state index in [9.17, 15) is 9.90 Å². The molecule has 0 aromatic heterocycles. The van der Waals surface area contributed by atoms with E-state index in [0.717, 1.165) is 58.3 Å². The van der Waals surface area contributed by atoms with Crippen LogP contribution in [0.5, 0.6) is 0 Å². The maximum Gasteiger partial charge on any atom is 0.320 e. The first-order valence-electron chi connectivity index (χ1n) is 7.04. The zero-order valence-corrected chi connectivity index (χ0v) is 11.1. The third-order valence-corrected chi connectivity index (χ3v) is 4.25. The highest BCUT2D eigenvalue weighted by molar-refractivity contribution is 5.73. The number of nitrogens with zero attached hydrogens (tertiary/aromatic N) is 2. The lowest BCUT2D eigenvalue weighted by atomic mass is 10.0. The number of rotatable bonds is 5. The van der Waals surface area contributed by atoms with Crippen molar-refractivity contribution in [3.8, 4) is 0 Å². The summed E-state index contributed by atoms with van der Waals surface area (Å²) in [5.74, 6) is -0.637. The highest BCUT2D eigenvalue weighted by atomic mass is 16.4. The van der Waals surface area contributed by atoms with Crippen LogP contribution in [-0.2, 0) is 4.79 Å². The van der Waals surface area contributed by atoms with Gasteiger partial charge in [0, 0.05) is 12.6 Å². The molecular formula is C14H24N2O2. The van der Waals surface area contributed by atoms with Gasteiger partial charge in [-0.2, -0.15) is 0 Å². The zero-order chi connectivity index (χ0) is 13.0. The van der Waals surface area contributed by atoms with Crippen LogP contribution in [0.2, 0.25) is 0 Å². The molecule has 0 aliphatic carbocycles. The number of aliphatic carboxylic acids is 1. The van der Waals surface area contributed by atoms with Gasteiger partial charge in [0.05, 0.1) is 0 Å². The first-order valence-corrected chi connectivity index (χ1v) is 7.04. The summed E-state index contributed by atoms with van der Waals surface area (Å²) in [4.78, 5) is 15.9. The topological polar surface area (TPSA) is 43.8 Å². The van der Waals surface area contributed by atoms with Crippen LogP contribution in [0.25, 0.3) is 0 Å². The second kappa shape index (κ2) is 6.34. The number of carboxylic acid groups (broad SMARTS) is 1. The fourth-order valence-corrected chi connectivity index (χ4v) is 3.24. The molecule has 2 aliphatic rings. The average Bonchev–Trinajstić information content (AvgIpc) is 2.86. The van der Waals surface area contributed by atoms with Gasteiger partial charge in [-0.25, -0.2) is 0 Å². The van der Waals surface area contributed by atoms with Crippen molar-refractivity contribution >= 4 is 5.97 Å². The van der Waals surface area contributed by atoms with Crippen molar-refractivity contribution in [2.75, 3.05) is 26.2 Å². The molecule has 2 aliphatic heterocycles. The molecule has 1 N–H and O–H groups in total. The Bertz CT molecular complexity index is 298. The van der Waals surface area contributed by atoms with Crippen molar-refractivity contribution in [1.29, 1.82) is 0 Å².